The van der Waals surface area contributed by atoms with Gasteiger partial charge in [0.2, 0.25) is 0 Å². The van der Waals surface area contributed by atoms with Crippen LogP contribution in [0, 0.1) is 0 Å². The Balaban J connectivity index is 1.80. The largest absolute Gasteiger partial charge is 0.483 e. The molecule has 2 aromatic rings. The molecule has 5 nitrogen and oxygen atoms in total. The third-order valence-corrected chi connectivity index (χ3v) is 3.37. The second-order valence-electron chi connectivity index (χ2n) is 3.68. The summed E-state index contributed by atoms with van der Waals surface area (Å²) < 4.78 is 7.14. The van der Waals surface area contributed by atoms with Gasteiger partial charge in [0.15, 0.2) is 6.61 Å². The second-order valence-corrected chi connectivity index (χ2v) is 5.45. The van der Waals surface area contributed by atoms with Gasteiger partial charge in [-0.2, -0.15) is 0 Å². The molecular formula is C12H11Br2N3O2. The van der Waals surface area contributed by atoms with Gasteiger partial charge >= 0.3 is 0 Å². The van der Waals surface area contributed by atoms with Gasteiger partial charge in [0.25, 0.3) is 5.91 Å². The maximum Gasteiger partial charge on any atom is 0.258 e. The number of H-pyrrole nitrogens is 1. The first kappa shape index (κ1) is 14.1. The number of nitrogens with zero attached hydrogens (tertiary/aromatic N) is 1. The van der Waals surface area contributed by atoms with Gasteiger partial charge in [-0.1, -0.05) is 15.9 Å². The first-order chi connectivity index (χ1) is 9.15. The number of ether oxygens (including phenoxy) is 1. The van der Waals surface area contributed by atoms with E-state index in [1.807, 2.05) is 12.1 Å². The first-order valence-corrected chi connectivity index (χ1v) is 7.06. The number of aromatic nitrogens is 2. The summed E-state index contributed by atoms with van der Waals surface area (Å²) in [5.41, 5.74) is 0. The lowest BCUT2D eigenvalue weighted by molar-refractivity contribution is -0.123. The van der Waals surface area contributed by atoms with E-state index in [1.54, 1.807) is 18.5 Å². The summed E-state index contributed by atoms with van der Waals surface area (Å²) in [6, 6.07) is 5.49. The van der Waals surface area contributed by atoms with Crippen LogP contribution in [0.25, 0.3) is 0 Å². The molecule has 0 spiro atoms. The molecule has 1 aromatic carbocycles. The number of imidazole rings is 1. The number of nitrogens with one attached hydrogen (secondary N) is 2. The fourth-order valence-corrected chi connectivity index (χ4v) is 2.53. The van der Waals surface area contributed by atoms with E-state index in [2.05, 4.69) is 47.1 Å². The van der Waals surface area contributed by atoms with Crippen LogP contribution >= 0.6 is 31.9 Å². The molecule has 100 valence electrons. The Morgan fingerprint density at radius 2 is 2.26 bits per heavy atom. The average Bonchev–Trinajstić information content (AvgIpc) is 2.88. The molecule has 0 aliphatic heterocycles. The Morgan fingerprint density at radius 3 is 2.95 bits per heavy atom. The third-order valence-electron chi connectivity index (χ3n) is 2.26. The molecule has 0 bridgehead atoms. The van der Waals surface area contributed by atoms with Crippen LogP contribution in [0.3, 0.4) is 0 Å². The van der Waals surface area contributed by atoms with Crippen LogP contribution < -0.4 is 10.1 Å². The number of hydrogen-bond donors (Lipinski definition) is 2. The third kappa shape index (κ3) is 4.36. The van der Waals surface area contributed by atoms with Crippen molar-refractivity contribution in [1.29, 1.82) is 0 Å². The maximum absolute atomic E-state index is 11.6. The smallest absolute Gasteiger partial charge is 0.258 e. The number of aromatic amines is 1. The molecule has 0 unspecified atom stereocenters. The molecule has 0 saturated carbocycles. The van der Waals surface area contributed by atoms with E-state index in [4.69, 9.17) is 4.74 Å². The van der Waals surface area contributed by atoms with Crippen molar-refractivity contribution in [3.05, 3.63) is 45.4 Å². The first-order valence-electron chi connectivity index (χ1n) is 5.48. The quantitative estimate of drug-likeness (QED) is 0.827. The molecule has 7 heteroatoms. The molecular weight excluding hydrogens is 378 g/mol. The number of halogens is 2. The molecule has 0 fully saturated rings. The highest BCUT2D eigenvalue weighted by Crippen LogP contribution is 2.27. The molecule has 0 atom stereocenters. The lowest BCUT2D eigenvalue weighted by atomic mass is 10.3. The number of rotatable bonds is 5. The van der Waals surface area contributed by atoms with E-state index < -0.39 is 0 Å². The van der Waals surface area contributed by atoms with Crippen molar-refractivity contribution in [1.82, 2.24) is 15.3 Å². The van der Waals surface area contributed by atoms with E-state index in [0.29, 0.717) is 18.1 Å². The van der Waals surface area contributed by atoms with Gasteiger partial charge in [-0.15, -0.1) is 0 Å². The minimum atomic E-state index is -0.203. The number of amides is 1. The highest BCUT2D eigenvalue weighted by molar-refractivity contribution is 9.11. The number of carbonyl (C=O) groups excluding carboxylic acids is 1. The van der Waals surface area contributed by atoms with Gasteiger partial charge in [-0.05, 0) is 34.1 Å². The highest BCUT2D eigenvalue weighted by Gasteiger charge is 2.06. The molecule has 19 heavy (non-hydrogen) atoms. The lowest BCUT2D eigenvalue weighted by Gasteiger charge is -2.08. The van der Waals surface area contributed by atoms with Gasteiger partial charge in [-0.3, -0.25) is 4.79 Å². The Hall–Kier alpha value is -1.34. The van der Waals surface area contributed by atoms with Crippen LogP contribution in [-0.4, -0.2) is 22.5 Å². The maximum atomic E-state index is 11.6. The van der Waals surface area contributed by atoms with Crippen molar-refractivity contribution >= 4 is 37.8 Å². The highest BCUT2D eigenvalue weighted by atomic mass is 79.9. The van der Waals surface area contributed by atoms with Crippen LogP contribution in [0.15, 0.2) is 39.5 Å². The van der Waals surface area contributed by atoms with E-state index >= 15 is 0 Å². The van der Waals surface area contributed by atoms with Crippen molar-refractivity contribution in [2.45, 2.75) is 6.54 Å². The van der Waals surface area contributed by atoms with Gasteiger partial charge in [0, 0.05) is 16.9 Å². The van der Waals surface area contributed by atoms with Crippen LogP contribution in [0.1, 0.15) is 5.82 Å². The molecule has 0 aliphatic rings. The van der Waals surface area contributed by atoms with E-state index in [0.717, 1.165) is 8.95 Å². The summed E-state index contributed by atoms with van der Waals surface area (Å²) >= 11 is 6.71. The summed E-state index contributed by atoms with van der Waals surface area (Å²) in [6.45, 7) is 0.317. The van der Waals surface area contributed by atoms with Crippen LogP contribution in [0.2, 0.25) is 0 Å². The van der Waals surface area contributed by atoms with Crippen LogP contribution in [-0.2, 0) is 11.3 Å². The zero-order valence-electron chi connectivity index (χ0n) is 9.82. The van der Waals surface area contributed by atoms with Gasteiger partial charge in [-0.25, -0.2) is 4.98 Å². The van der Waals surface area contributed by atoms with Crippen molar-refractivity contribution in [3.8, 4) is 5.75 Å². The van der Waals surface area contributed by atoms with Crippen molar-refractivity contribution in [2.75, 3.05) is 6.61 Å². The number of benzene rings is 1. The normalized spacial score (nSPS) is 10.2. The topological polar surface area (TPSA) is 67.0 Å². The number of hydrogen-bond acceptors (Lipinski definition) is 3. The standard InChI is InChI=1S/C12H11Br2N3O2/c13-8-1-2-10(9(14)5-8)19-7-12(18)17-6-11-15-3-4-16-11/h1-5H,6-7H2,(H,15,16)(H,17,18). The Labute approximate surface area is 127 Å². The summed E-state index contributed by atoms with van der Waals surface area (Å²) in [4.78, 5) is 18.5. The average molecular weight is 389 g/mol. The molecule has 0 aliphatic carbocycles. The fraction of sp³-hybridized carbons (Fsp3) is 0.167. The molecule has 2 N–H and O–H groups in total. The van der Waals surface area contributed by atoms with E-state index in [-0.39, 0.29) is 12.5 Å². The van der Waals surface area contributed by atoms with E-state index in [9.17, 15) is 4.79 Å². The molecule has 1 aromatic heterocycles. The fourth-order valence-electron chi connectivity index (χ4n) is 1.36. The monoisotopic (exact) mass is 387 g/mol. The zero-order chi connectivity index (χ0) is 13.7. The summed E-state index contributed by atoms with van der Waals surface area (Å²) in [6.07, 6.45) is 3.34. The van der Waals surface area contributed by atoms with Crippen molar-refractivity contribution < 1.29 is 9.53 Å². The Kier molecular flexibility index (Phi) is 4.98. The summed E-state index contributed by atoms with van der Waals surface area (Å²) in [7, 11) is 0. The predicted octanol–water partition coefficient (Wildman–Crippen LogP) is 2.63. The molecule has 0 radical (unpaired) electrons. The second kappa shape index (κ2) is 6.72. The zero-order valence-corrected chi connectivity index (χ0v) is 13.0. The molecule has 0 saturated heterocycles. The summed E-state index contributed by atoms with van der Waals surface area (Å²) in [5.74, 6) is 1.13. The predicted molar refractivity (Wildman–Crippen MR) is 77.8 cm³/mol. The molecule has 1 amide bonds. The Morgan fingerprint density at radius 1 is 1.42 bits per heavy atom. The Bertz CT molecular complexity index is 558. The van der Waals surface area contributed by atoms with Gasteiger partial charge in [0.05, 0.1) is 11.0 Å². The molecule has 1 heterocycles. The van der Waals surface area contributed by atoms with E-state index in [1.165, 1.54) is 0 Å². The molecule has 2 rings (SSSR count). The number of carbonyl (C=O) groups is 1. The minimum Gasteiger partial charge on any atom is -0.483 e. The minimum absolute atomic E-state index is 0.0407. The summed E-state index contributed by atoms with van der Waals surface area (Å²) in [5, 5.41) is 2.70. The van der Waals surface area contributed by atoms with Crippen molar-refractivity contribution in [2.24, 2.45) is 0 Å². The van der Waals surface area contributed by atoms with Gasteiger partial charge in [0.1, 0.15) is 11.6 Å². The van der Waals surface area contributed by atoms with Crippen LogP contribution in [0.4, 0.5) is 0 Å². The van der Waals surface area contributed by atoms with Crippen LogP contribution in [0.5, 0.6) is 5.75 Å². The lowest BCUT2D eigenvalue weighted by Crippen LogP contribution is -2.28. The van der Waals surface area contributed by atoms with Gasteiger partial charge < -0.3 is 15.0 Å². The SMILES string of the molecule is O=C(COc1ccc(Br)cc1Br)NCc1ncc[nH]1. The van der Waals surface area contributed by atoms with Crippen molar-refractivity contribution in [3.63, 3.8) is 0 Å².